The summed E-state index contributed by atoms with van der Waals surface area (Å²) in [5.41, 5.74) is 37.0. The summed E-state index contributed by atoms with van der Waals surface area (Å²) in [7, 11) is 0. The molecule has 11 rings (SSSR count). The van der Waals surface area contributed by atoms with Crippen LogP contribution in [0.25, 0.3) is 66.8 Å². The predicted octanol–water partition coefficient (Wildman–Crippen LogP) is 25.1. The first-order valence-electron chi connectivity index (χ1n) is 30.5. The van der Waals surface area contributed by atoms with Gasteiger partial charge in [-0.2, -0.15) is 0 Å². The van der Waals surface area contributed by atoms with Crippen molar-refractivity contribution in [2.75, 3.05) is 9.80 Å². The summed E-state index contributed by atoms with van der Waals surface area (Å²) in [6, 6.07) is 78.1. The minimum Gasteiger partial charge on any atom is -0.310 e. The van der Waals surface area contributed by atoms with Crippen LogP contribution in [0, 0.1) is 69.2 Å². The first-order valence-corrected chi connectivity index (χ1v) is 32.1. The molecule has 0 heterocycles. The third-order valence-electron chi connectivity index (χ3n) is 17.5. The average Bonchev–Trinajstić information content (AvgIpc) is 2.07. The lowest BCUT2D eigenvalue weighted by molar-refractivity contribution is 0.922. The molecule has 0 N–H and O–H groups in total. The number of rotatable bonds is 16. The Morgan fingerprint density at radius 2 is 0.500 bits per heavy atom. The van der Waals surface area contributed by atoms with E-state index in [0.717, 1.165) is 68.8 Å². The summed E-state index contributed by atoms with van der Waals surface area (Å²) < 4.78 is 2.22. The molecule has 11 aromatic rings. The molecule has 0 atom stereocenters. The summed E-state index contributed by atoms with van der Waals surface area (Å²) in [5, 5.41) is 0. The minimum absolute atomic E-state index is 1.10. The zero-order valence-corrected chi connectivity index (χ0v) is 55.3. The highest BCUT2D eigenvalue weighted by atomic mass is 79.9. The Labute approximate surface area is 529 Å². The number of aryl methyl sites for hydroxylation is 12. The van der Waals surface area contributed by atoms with Crippen molar-refractivity contribution in [3.8, 4) is 66.8 Å². The third-order valence-corrected chi connectivity index (χ3v) is 18.4. The second-order valence-corrected chi connectivity index (χ2v) is 25.8. The Morgan fingerprint density at radius 3 is 0.779 bits per heavy atom. The van der Waals surface area contributed by atoms with E-state index in [1.807, 2.05) is 0 Å². The smallest absolute Gasteiger partial charge is 0.0464 e. The fourth-order valence-corrected chi connectivity index (χ4v) is 14.6. The molecule has 0 bridgehead atoms. The fourth-order valence-electron chi connectivity index (χ4n) is 13.3. The van der Waals surface area contributed by atoms with Gasteiger partial charge in [-0.3, -0.25) is 0 Å². The van der Waals surface area contributed by atoms with E-state index >= 15 is 0 Å². The molecule has 0 saturated heterocycles. The molecule has 0 fully saturated rings. The summed E-state index contributed by atoms with van der Waals surface area (Å²) in [6.07, 6.45) is 4.49. The van der Waals surface area contributed by atoms with Crippen LogP contribution in [0.2, 0.25) is 0 Å². The fraction of sp³-hybridized carbons (Fsp3) is 0.195. The Balaban J connectivity index is 0.928. The van der Waals surface area contributed by atoms with E-state index < -0.39 is 0 Å². The lowest BCUT2D eigenvalue weighted by Crippen LogP contribution is -2.11. The van der Waals surface area contributed by atoms with Gasteiger partial charge in [0.2, 0.25) is 0 Å². The van der Waals surface area contributed by atoms with Crippen molar-refractivity contribution in [3.05, 3.63) is 282 Å². The summed E-state index contributed by atoms with van der Waals surface area (Å²) in [4.78, 5) is 4.84. The van der Waals surface area contributed by atoms with Gasteiger partial charge in [0, 0.05) is 43.1 Å². The molecule has 430 valence electrons. The van der Waals surface area contributed by atoms with Crippen molar-refractivity contribution in [1.29, 1.82) is 0 Å². The Bertz CT molecular complexity index is 3980. The van der Waals surface area contributed by atoms with Gasteiger partial charge in [-0.15, -0.1) is 0 Å². The van der Waals surface area contributed by atoms with Crippen molar-refractivity contribution in [2.24, 2.45) is 0 Å². The van der Waals surface area contributed by atoms with Gasteiger partial charge in [-0.25, -0.2) is 0 Å². The van der Waals surface area contributed by atoms with Crippen LogP contribution >= 0.6 is 31.9 Å². The highest BCUT2D eigenvalue weighted by Gasteiger charge is 2.21. The number of anilines is 6. The van der Waals surface area contributed by atoms with E-state index in [2.05, 4.69) is 331 Å². The second-order valence-electron chi connectivity index (χ2n) is 24.0. The van der Waals surface area contributed by atoms with Gasteiger partial charge in [0.15, 0.2) is 0 Å². The first-order chi connectivity index (χ1) is 41.5. The third kappa shape index (κ3) is 12.3. The molecule has 0 spiro atoms. The highest BCUT2D eigenvalue weighted by molar-refractivity contribution is 9.10. The molecule has 0 radical (unpaired) electrons. The highest BCUT2D eigenvalue weighted by Crippen LogP contribution is 2.45. The van der Waals surface area contributed by atoms with Crippen LogP contribution in [0.1, 0.15) is 93.5 Å². The van der Waals surface area contributed by atoms with Crippen LogP contribution in [-0.2, 0) is 12.8 Å². The van der Waals surface area contributed by atoms with Gasteiger partial charge in [-0.05, 0) is 313 Å². The summed E-state index contributed by atoms with van der Waals surface area (Å²) in [6.45, 7) is 26.8. The number of halogens is 2. The Hall–Kier alpha value is -8.02. The van der Waals surface area contributed by atoms with Crippen molar-refractivity contribution in [3.63, 3.8) is 0 Å². The lowest BCUT2D eigenvalue weighted by Gasteiger charge is -2.28. The van der Waals surface area contributed by atoms with E-state index in [-0.39, 0.29) is 0 Å². The van der Waals surface area contributed by atoms with E-state index in [1.165, 1.54) is 134 Å². The predicted molar refractivity (Wildman–Crippen MR) is 379 cm³/mol. The second kappa shape index (κ2) is 25.5. The van der Waals surface area contributed by atoms with Gasteiger partial charge < -0.3 is 9.80 Å². The molecular formula is C82H78Br2N2. The van der Waals surface area contributed by atoms with Crippen LogP contribution < -0.4 is 9.80 Å². The molecule has 2 nitrogen and oxygen atoms in total. The topological polar surface area (TPSA) is 6.48 Å². The molecule has 86 heavy (non-hydrogen) atoms. The molecule has 0 aliphatic heterocycles. The molecule has 11 aromatic carbocycles. The van der Waals surface area contributed by atoms with Crippen LogP contribution in [-0.4, -0.2) is 0 Å². The molecule has 0 aliphatic carbocycles. The van der Waals surface area contributed by atoms with Crippen molar-refractivity contribution in [2.45, 2.75) is 109 Å². The largest absolute Gasteiger partial charge is 0.310 e. The lowest BCUT2D eigenvalue weighted by atomic mass is 9.88. The zero-order chi connectivity index (χ0) is 60.5. The SMILES string of the molecule is CCCc1ccc(-c2ccc(N(c3ccc(-c4c(C)cc(Br)cc4C)cc3)c3ccc(-c4cc(C)c(-c5ccc(N(c6ccc(-c7c(C)cc(Br)cc7C)cc6)c6ccc(-c7ccc(CCC)cc7)c(C)c6)cc5C)cc4C)c(C)c3)cc2C)cc1. The summed E-state index contributed by atoms with van der Waals surface area (Å²) in [5.74, 6) is 0. The Morgan fingerprint density at radius 1 is 0.244 bits per heavy atom. The quantitative estimate of drug-likeness (QED) is 0.0951. The molecule has 0 saturated carbocycles. The molecule has 0 amide bonds. The monoisotopic (exact) mass is 1250 g/mol. The average molecular weight is 1250 g/mol. The summed E-state index contributed by atoms with van der Waals surface area (Å²) >= 11 is 7.43. The maximum Gasteiger partial charge on any atom is 0.0464 e. The maximum absolute atomic E-state index is 3.72. The van der Waals surface area contributed by atoms with E-state index in [0.29, 0.717) is 0 Å². The standard InChI is InChI=1S/C82H78Br2N2/c1-13-15-61-17-21-63(22-18-61)75-37-33-71(45-51(75)3)85(69-29-25-65(26-30-69)81-57(9)41-67(83)42-58(81)10)73-35-39-77(53(5)47-73)79-49-56(8)80(50-55(79)7)78-40-36-74(48-54(78)6)86(70-31-27-66(28-32-70)82-59(11)43-68(84)44-60(82)12)72-34-38-76(52(4)46-72)64-23-19-62(16-14-2)20-24-64/h17-50H,13-16H2,1-12H3. The number of benzene rings is 11. The van der Waals surface area contributed by atoms with Crippen molar-refractivity contribution >= 4 is 66.0 Å². The van der Waals surface area contributed by atoms with Gasteiger partial charge in [0.05, 0.1) is 0 Å². The van der Waals surface area contributed by atoms with Gasteiger partial charge in [-0.1, -0.05) is 168 Å². The number of hydrogen-bond acceptors (Lipinski definition) is 2. The minimum atomic E-state index is 1.10. The van der Waals surface area contributed by atoms with Crippen molar-refractivity contribution < 1.29 is 0 Å². The number of nitrogens with zero attached hydrogens (tertiary/aromatic N) is 2. The molecule has 4 heteroatoms. The van der Waals surface area contributed by atoms with Crippen LogP contribution in [0.3, 0.4) is 0 Å². The Kier molecular flexibility index (Phi) is 17.7. The zero-order valence-electron chi connectivity index (χ0n) is 52.1. The van der Waals surface area contributed by atoms with Crippen LogP contribution in [0.4, 0.5) is 34.1 Å². The molecule has 0 aromatic heterocycles. The van der Waals surface area contributed by atoms with Crippen molar-refractivity contribution in [1.82, 2.24) is 0 Å². The molecule has 0 unspecified atom stereocenters. The van der Waals surface area contributed by atoms with Gasteiger partial charge >= 0.3 is 0 Å². The molecule has 0 aliphatic rings. The van der Waals surface area contributed by atoms with E-state index in [4.69, 9.17) is 0 Å². The first kappa shape index (κ1) is 59.7. The van der Waals surface area contributed by atoms with E-state index in [1.54, 1.807) is 0 Å². The normalized spacial score (nSPS) is 11.3. The van der Waals surface area contributed by atoms with E-state index in [9.17, 15) is 0 Å². The van der Waals surface area contributed by atoms with Gasteiger partial charge in [0.1, 0.15) is 0 Å². The van der Waals surface area contributed by atoms with Crippen LogP contribution in [0.5, 0.6) is 0 Å². The molecular weight excluding hydrogens is 1170 g/mol. The van der Waals surface area contributed by atoms with Crippen LogP contribution in [0.15, 0.2) is 215 Å². The maximum atomic E-state index is 3.72. The van der Waals surface area contributed by atoms with Gasteiger partial charge in [0.25, 0.3) is 0 Å². The number of hydrogen-bond donors (Lipinski definition) is 0.